The molecule has 14 heavy (non-hydrogen) atoms. The number of rotatable bonds is 2. The number of halogens is 2. The first-order valence-electron chi connectivity index (χ1n) is 3.99. The molecule has 0 atom stereocenters. The fraction of sp³-hybridized carbons (Fsp3) is 0.500. The van der Waals surface area contributed by atoms with Gasteiger partial charge in [0.15, 0.2) is 0 Å². The highest BCUT2D eigenvalue weighted by atomic mass is 19.3. The Kier molecular flexibility index (Phi) is 2.83. The van der Waals surface area contributed by atoms with Crippen molar-refractivity contribution in [2.45, 2.75) is 13.3 Å². The summed E-state index contributed by atoms with van der Waals surface area (Å²) in [5.74, 6) is -0.466. The van der Waals surface area contributed by atoms with Crippen LogP contribution in [0.3, 0.4) is 0 Å². The summed E-state index contributed by atoms with van der Waals surface area (Å²) in [6, 6.07) is 0. The van der Waals surface area contributed by atoms with Gasteiger partial charge >= 0.3 is 0 Å². The van der Waals surface area contributed by atoms with E-state index in [2.05, 4.69) is 10.2 Å². The van der Waals surface area contributed by atoms with E-state index in [0.717, 1.165) is 0 Å². The summed E-state index contributed by atoms with van der Waals surface area (Å²) in [5.41, 5.74) is -0.162. The average molecular weight is 203 g/mol. The van der Waals surface area contributed by atoms with Gasteiger partial charge in [0.05, 0.1) is 5.56 Å². The standard InChI is InChI=1S/C8H11F2N3O/c1-4-5(8(14)13(2)3)6(7(9)10)12-11-4/h7H,1-3H3,(H,11,12). The lowest BCUT2D eigenvalue weighted by Crippen LogP contribution is -2.23. The van der Waals surface area contributed by atoms with E-state index in [4.69, 9.17) is 0 Å². The number of aromatic nitrogens is 2. The van der Waals surface area contributed by atoms with Crippen molar-refractivity contribution in [3.63, 3.8) is 0 Å². The molecule has 1 amide bonds. The van der Waals surface area contributed by atoms with Crippen LogP contribution in [0.5, 0.6) is 0 Å². The maximum atomic E-state index is 12.4. The van der Waals surface area contributed by atoms with Gasteiger partial charge in [-0.2, -0.15) is 5.10 Å². The number of nitrogens with zero attached hydrogens (tertiary/aromatic N) is 2. The zero-order valence-electron chi connectivity index (χ0n) is 8.14. The van der Waals surface area contributed by atoms with Crippen molar-refractivity contribution in [1.82, 2.24) is 15.1 Å². The van der Waals surface area contributed by atoms with Crippen molar-refractivity contribution in [2.75, 3.05) is 14.1 Å². The molecule has 4 nitrogen and oxygen atoms in total. The van der Waals surface area contributed by atoms with Crippen LogP contribution in [0.25, 0.3) is 0 Å². The van der Waals surface area contributed by atoms with Crippen LogP contribution in [0.15, 0.2) is 0 Å². The van der Waals surface area contributed by atoms with Crippen LogP contribution in [0, 0.1) is 6.92 Å². The van der Waals surface area contributed by atoms with Crippen LogP contribution in [-0.4, -0.2) is 35.1 Å². The molecule has 0 aliphatic carbocycles. The van der Waals surface area contributed by atoms with Crippen molar-refractivity contribution in [2.24, 2.45) is 0 Å². The van der Waals surface area contributed by atoms with Gasteiger partial charge in [0, 0.05) is 19.8 Å². The Morgan fingerprint density at radius 3 is 2.50 bits per heavy atom. The van der Waals surface area contributed by atoms with E-state index >= 15 is 0 Å². The summed E-state index contributed by atoms with van der Waals surface area (Å²) in [4.78, 5) is 12.7. The first-order chi connectivity index (χ1) is 6.45. The minimum absolute atomic E-state index is 0.0370. The second-order valence-corrected chi connectivity index (χ2v) is 3.11. The average Bonchev–Trinajstić information content (AvgIpc) is 2.45. The molecule has 0 unspecified atom stereocenters. The minimum Gasteiger partial charge on any atom is -0.345 e. The van der Waals surface area contributed by atoms with E-state index in [-0.39, 0.29) is 5.56 Å². The molecule has 0 spiro atoms. The van der Waals surface area contributed by atoms with Crippen LogP contribution in [-0.2, 0) is 0 Å². The predicted octanol–water partition coefficient (Wildman–Crippen LogP) is 1.36. The van der Waals surface area contributed by atoms with E-state index in [1.807, 2.05) is 0 Å². The minimum atomic E-state index is -2.74. The number of hydrogen-bond acceptors (Lipinski definition) is 2. The number of aromatic amines is 1. The molecule has 1 heterocycles. The maximum absolute atomic E-state index is 12.4. The molecule has 0 aliphatic rings. The third-order valence-electron chi connectivity index (χ3n) is 1.80. The zero-order chi connectivity index (χ0) is 10.9. The zero-order valence-corrected chi connectivity index (χ0v) is 8.14. The molecule has 0 saturated carbocycles. The van der Waals surface area contributed by atoms with Gasteiger partial charge < -0.3 is 4.90 Å². The Morgan fingerprint density at radius 2 is 2.07 bits per heavy atom. The molecule has 1 aromatic heterocycles. The van der Waals surface area contributed by atoms with Gasteiger partial charge in [-0.3, -0.25) is 9.89 Å². The number of alkyl halides is 2. The fourth-order valence-electron chi connectivity index (χ4n) is 1.10. The van der Waals surface area contributed by atoms with Crippen molar-refractivity contribution in [1.29, 1.82) is 0 Å². The SMILES string of the molecule is Cc1[nH]nc(C(F)F)c1C(=O)N(C)C. The molecule has 0 saturated heterocycles. The predicted molar refractivity (Wildman–Crippen MR) is 46.3 cm³/mol. The van der Waals surface area contributed by atoms with Gasteiger partial charge in [-0.25, -0.2) is 8.78 Å². The molecule has 0 radical (unpaired) electrons. The van der Waals surface area contributed by atoms with E-state index < -0.39 is 18.0 Å². The number of carbonyl (C=O) groups excluding carboxylic acids is 1. The van der Waals surface area contributed by atoms with E-state index in [1.165, 1.54) is 25.9 Å². The van der Waals surface area contributed by atoms with Crippen molar-refractivity contribution in [3.8, 4) is 0 Å². The molecule has 1 rings (SSSR count). The third-order valence-corrected chi connectivity index (χ3v) is 1.80. The quantitative estimate of drug-likeness (QED) is 0.788. The van der Waals surface area contributed by atoms with Crippen molar-refractivity contribution < 1.29 is 13.6 Å². The second kappa shape index (κ2) is 3.73. The monoisotopic (exact) mass is 203 g/mol. The Morgan fingerprint density at radius 1 is 1.50 bits per heavy atom. The van der Waals surface area contributed by atoms with Gasteiger partial charge in [0.1, 0.15) is 5.69 Å². The Hall–Kier alpha value is -1.46. The van der Waals surface area contributed by atoms with E-state index in [1.54, 1.807) is 0 Å². The second-order valence-electron chi connectivity index (χ2n) is 3.11. The number of hydrogen-bond donors (Lipinski definition) is 1. The first kappa shape index (κ1) is 10.6. The molecule has 1 aromatic rings. The third kappa shape index (κ3) is 1.73. The first-order valence-corrected chi connectivity index (χ1v) is 3.99. The van der Waals surface area contributed by atoms with Crippen LogP contribution in [0.4, 0.5) is 8.78 Å². The lowest BCUT2D eigenvalue weighted by molar-refractivity contribution is 0.0813. The normalized spacial score (nSPS) is 10.7. The highest BCUT2D eigenvalue weighted by molar-refractivity contribution is 5.96. The van der Waals surface area contributed by atoms with Gasteiger partial charge in [0.25, 0.3) is 12.3 Å². The van der Waals surface area contributed by atoms with Crippen LogP contribution >= 0.6 is 0 Å². The van der Waals surface area contributed by atoms with Gasteiger partial charge in [0.2, 0.25) is 0 Å². The van der Waals surface area contributed by atoms with Crippen LogP contribution < -0.4 is 0 Å². The number of amides is 1. The highest BCUT2D eigenvalue weighted by Gasteiger charge is 2.25. The van der Waals surface area contributed by atoms with Crippen molar-refractivity contribution in [3.05, 3.63) is 17.0 Å². The molecule has 0 fully saturated rings. The summed E-state index contributed by atoms with van der Waals surface area (Å²) in [7, 11) is 3.01. The summed E-state index contributed by atoms with van der Waals surface area (Å²) < 4.78 is 24.8. The lowest BCUT2D eigenvalue weighted by Gasteiger charge is -2.10. The molecule has 6 heteroatoms. The molecular formula is C8H11F2N3O. The Balaban J connectivity index is 3.17. The molecule has 78 valence electrons. The van der Waals surface area contributed by atoms with Crippen molar-refractivity contribution >= 4 is 5.91 Å². The maximum Gasteiger partial charge on any atom is 0.282 e. The summed E-state index contributed by atoms with van der Waals surface area (Å²) in [6.07, 6.45) is -2.74. The Labute approximate surface area is 79.9 Å². The topological polar surface area (TPSA) is 49.0 Å². The molecule has 0 aromatic carbocycles. The van der Waals surface area contributed by atoms with E-state index in [9.17, 15) is 13.6 Å². The van der Waals surface area contributed by atoms with Crippen LogP contribution in [0.1, 0.15) is 28.2 Å². The van der Waals surface area contributed by atoms with Gasteiger partial charge in [-0.1, -0.05) is 0 Å². The largest absolute Gasteiger partial charge is 0.345 e. The van der Waals surface area contributed by atoms with E-state index in [0.29, 0.717) is 5.69 Å². The van der Waals surface area contributed by atoms with Crippen LogP contribution in [0.2, 0.25) is 0 Å². The molecule has 1 N–H and O–H groups in total. The number of nitrogens with one attached hydrogen (secondary N) is 1. The van der Waals surface area contributed by atoms with Gasteiger partial charge in [-0.15, -0.1) is 0 Å². The number of aryl methyl sites for hydroxylation is 1. The highest BCUT2D eigenvalue weighted by Crippen LogP contribution is 2.23. The lowest BCUT2D eigenvalue weighted by atomic mass is 10.1. The summed E-state index contributed by atoms with van der Waals surface area (Å²) in [6.45, 7) is 1.54. The number of H-pyrrole nitrogens is 1. The summed E-state index contributed by atoms with van der Waals surface area (Å²) in [5, 5.41) is 5.77. The molecule has 0 aliphatic heterocycles. The molecular weight excluding hydrogens is 192 g/mol. The smallest absolute Gasteiger partial charge is 0.282 e. The molecule has 0 bridgehead atoms. The van der Waals surface area contributed by atoms with Gasteiger partial charge in [-0.05, 0) is 6.92 Å². The summed E-state index contributed by atoms with van der Waals surface area (Å²) >= 11 is 0. The fourth-order valence-corrected chi connectivity index (χ4v) is 1.10. The Bertz CT molecular complexity index is 346. The number of carbonyl (C=O) groups is 1.